The number of carbonyl (C=O) groups is 1. The molecule has 2 aliphatic carbocycles. The molecule has 0 aromatic carbocycles. The van der Waals surface area contributed by atoms with Gasteiger partial charge < -0.3 is 14.4 Å². The van der Waals surface area contributed by atoms with Crippen LogP contribution in [0.3, 0.4) is 0 Å². The molecule has 11 heteroatoms. The van der Waals surface area contributed by atoms with Crippen molar-refractivity contribution in [3.8, 4) is 11.1 Å². The molecule has 0 amide bonds. The average Bonchev–Trinajstić information content (AvgIpc) is 3.52. The monoisotopic (exact) mass is 699 g/mol. The third kappa shape index (κ3) is 8.26. The number of hydrogen-bond donors (Lipinski definition) is 0. The van der Waals surface area contributed by atoms with Crippen LogP contribution in [-0.2, 0) is 9.47 Å². The van der Waals surface area contributed by atoms with Crippen molar-refractivity contribution in [2.24, 2.45) is 11.8 Å². The first kappa shape index (κ1) is 33.4. The molecule has 5 rings (SSSR count). The van der Waals surface area contributed by atoms with Crippen LogP contribution in [0.15, 0.2) is 29.0 Å². The zero-order valence-corrected chi connectivity index (χ0v) is 31.2. The van der Waals surface area contributed by atoms with Gasteiger partial charge in [-0.15, -0.1) is 0 Å². The number of carbonyl (C=O) groups excluding carboxylic acids is 1. The summed E-state index contributed by atoms with van der Waals surface area (Å²) in [6.45, 7) is 18.1. The Morgan fingerprint density at radius 2 is 1.57 bits per heavy atom. The van der Waals surface area contributed by atoms with E-state index in [-0.39, 0.29) is 5.78 Å². The maximum Gasteiger partial charge on any atom is 0.178 e. The van der Waals surface area contributed by atoms with Crippen molar-refractivity contribution in [3.63, 3.8) is 0 Å². The third-order valence-corrected chi connectivity index (χ3v) is 13.3. The van der Waals surface area contributed by atoms with Gasteiger partial charge in [-0.1, -0.05) is 58.2 Å². The SMILES string of the molecule is CC(=O)c1ccc(-c2cnn3c(N(COCC[Si](C)(C)C)COCC[Si](C)(C)C)c(Br)c(C4C[C@H]5CC[C@@H](C4)C5)nc23)cn1. The molecule has 3 aromatic rings. The summed E-state index contributed by atoms with van der Waals surface area (Å²) in [6, 6.07) is 5.94. The largest absolute Gasteiger partial charge is 0.361 e. The Morgan fingerprint density at radius 1 is 0.955 bits per heavy atom. The van der Waals surface area contributed by atoms with E-state index in [1.165, 1.54) is 32.1 Å². The van der Waals surface area contributed by atoms with E-state index in [1.807, 2.05) is 16.8 Å². The lowest BCUT2D eigenvalue weighted by atomic mass is 9.79. The van der Waals surface area contributed by atoms with E-state index in [4.69, 9.17) is 19.6 Å². The predicted octanol–water partition coefficient (Wildman–Crippen LogP) is 8.48. The van der Waals surface area contributed by atoms with E-state index in [9.17, 15) is 4.79 Å². The highest BCUT2D eigenvalue weighted by atomic mass is 79.9. The van der Waals surface area contributed by atoms with E-state index in [0.29, 0.717) is 25.1 Å². The Kier molecular flexibility index (Phi) is 10.5. The summed E-state index contributed by atoms with van der Waals surface area (Å²) in [5.41, 5.74) is 4.15. The topological polar surface area (TPSA) is 81.9 Å². The number of ether oxygens (including phenoxy) is 2. The molecule has 240 valence electrons. The number of anilines is 1. The Morgan fingerprint density at radius 3 is 2.09 bits per heavy atom. The third-order valence-electron chi connectivity index (χ3n) is 9.09. The summed E-state index contributed by atoms with van der Waals surface area (Å²) in [5, 5.41) is 4.89. The summed E-state index contributed by atoms with van der Waals surface area (Å²) in [5.74, 6) is 2.83. The molecule has 2 fully saturated rings. The molecular formula is C33H50BrN5O3Si2. The molecule has 0 N–H and O–H groups in total. The second-order valence-corrected chi connectivity index (χ2v) is 27.4. The summed E-state index contributed by atoms with van der Waals surface area (Å²) in [6.07, 6.45) is 10.0. The fraction of sp³-hybridized carbons (Fsp3) is 0.636. The number of ketones is 1. The van der Waals surface area contributed by atoms with E-state index >= 15 is 0 Å². The summed E-state index contributed by atoms with van der Waals surface area (Å²) < 4.78 is 15.6. The van der Waals surface area contributed by atoms with Crippen molar-refractivity contribution >= 4 is 49.3 Å². The molecule has 1 unspecified atom stereocenters. The lowest BCUT2D eigenvalue weighted by molar-refractivity contribution is 0.0940. The van der Waals surface area contributed by atoms with Crippen molar-refractivity contribution in [2.45, 2.75) is 96.3 Å². The van der Waals surface area contributed by atoms with E-state index < -0.39 is 16.1 Å². The van der Waals surface area contributed by atoms with E-state index in [0.717, 1.165) is 69.9 Å². The summed E-state index contributed by atoms with van der Waals surface area (Å²) in [4.78, 5) is 23.9. The maximum absolute atomic E-state index is 11.9. The molecule has 0 saturated heterocycles. The van der Waals surface area contributed by atoms with Crippen LogP contribution >= 0.6 is 15.9 Å². The summed E-state index contributed by atoms with van der Waals surface area (Å²) in [7, 11) is -2.47. The normalized spacial score (nSPS) is 20.4. The van der Waals surface area contributed by atoms with Crippen LogP contribution in [-0.4, -0.2) is 68.2 Å². The zero-order chi connectivity index (χ0) is 31.6. The fourth-order valence-corrected chi connectivity index (χ4v) is 8.82. The highest BCUT2D eigenvalue weighted by Gasteiger charge is 2.37. The molecule has 2 saturated carbocycles. The van der Waals surface area contributed by atoms with Crippen molar-refractivity contribution in [3.05, 3.63) is 40.4 Å². The van der Waals surface area contributed by atoms with Crippen LogP contribution in [0.2, 0.25) is 51.4 Å². The number of nitrogens with zero attached hydrogens (tertiary/aromatic N) is 5. The number of pyridine rings is 1. The first-order chi connectivity index (χ1) is 20.8. The second kappa shape index (κ2) is 13.8. The van der Waals surface area contributed by atoms with Gasteiger partial charge in [-0.25, -0.2) is 4.98 Å². The minimum Gasteiger partial charge on any atom is -0.361 e. The van der Waals surface area contributed by atoms with Gasteiger partial charge in [-0.2, -0.15) is 9.61 Å². The van der Waals surface area contributed by atoms with Crippen molar-refractivity contribution in [2.75, 3.05) is 31.6 Å². The van der Waals surface area contributed by atoms with Gasteiger partial charge in [-0.3, -0.25) is 9.78 Å². The Hall–Kier alpha value is -1.93. The molecule has 3 atom stereocenters. The Balaban J connectivity index is 1.56. The maximum atomic E-state index is 11.9. The number of rotatable bonds is 14. The predicted molar refractivity (Wildman–Crippen MR) is 187 cm³/mol. The number of hydrogen-bond acceptors (Lipinski definition) is 7. The molecule has 3 aromatic heterocycles. The van der Waals surface area contributed by atoms with Crippen molar-refractivity contribution in [1.82, 2.24) is 19.6 Å². The molecule has 0 aliphatic heterocycles. The summed E-state index contributed by atoms with van der Waals surface area (Å²) >= 11 is 4.06. The van der Waals surface area contributed by atoms with Gasteiger partial charge >= 0.3 is 0 Å². The fourth-order valence-electron chi connectivity index (χ4n) is 6.48. The molecule has 0 spiro atoms. The average molecular weight is 701 g/mol. The number of fused-ring (bicyclic) bond motifs is 3. The van der Waals surface area contributed by atoms with Gasteiger partial charge in [0.1, 0.15) is 19.2 Å². The molecular weight excluding hydrogens is 650 g/mol. The van der Waals surface area contributed by atoms with Gasteiger partial charge in [-0.05, 0) is 65.2 Å². The standard InChI is InChI=1S/C33H50BrN5O3Si2/c1-23(40)29-11-10-26(19-35-29)28-20-36-39-32(28)37-31(27-17-24-8-9-25(16-24)18-27)30(34)33(39)38(21-41-12-14-43(2,3)4)22-42-13-15-44(5,6)7/h10-11,19-20,24-25,27H,8-9,12-18,21-22H2,1-7H3/t24-,25+,27?. The van der Waals surface area contributed by atoms with Gasteiger partial charge in [0.15, 0.2) is 17.2 Å². The molecule has 2 aliphatic rings. The lowest BCUT2D eigenvalue weighted by Crippen LogP contribution is -2.34. The molecule has 44 heavy (non-hydrogen) atoms. The van der Waals surface area contributed by atoms with Crippen LogP contribution in [0.4, 0.5) is 5.82 Å². The van der Waals surface area contributed by atoms with E-state index in [1.54, 1.807) is 19.2 Å². The van der Waals surface area contributed by atoms with Gasteiger partial charge in [0, 0.05) is 59.5 Å². The second-order valence-electron chi connectivity index (χ2n) is 15.4. The van der Waals surface area contributed by atoms with Crippen LogP contribution in [0, 0.1) is 11.8 Å². The van der Waals surface area contributed by atoms with Gasteiger partial charge in [0.25, 0.3) is 0 Å². The molecule has 3 heterocycles. The van der Waals surface area contributed by atoms with Crippen LogP contribution in [0.25, 0.3) is 16.8 Å². The number of aromatic nitrogens is 4. The van der Waals surface area contributed by atoms with Crippen LogP contribution in [0.5, 0.6) is 0 Å². The van der Waals surface area contributed by atoms with Gasteiger partial charge in [0.05, 0.1) is 16.4 Å². The highest BCUT2D eigenvalue weighted by molar-refractivity contribution is 9.10. The first-order valence-corrected chi connectivity index (χ1v) is 24.4. The molecule has 8 nitrogen and oxygen atoms in total. The number of halogens is 1. The molecule has 2 bridgehead atoms. The quantitative estimate of drug-likeness (QED) is 0.0722. The van der Waals surface area contributed by atoms with Crippen molar-refractivity contribution in [1.29, 1.82) is 0 Å². The smallest absolute Gasteiger partial charge is 0.178 e. The molecule has 0 radical (unpaired) electrons. The van der Waals surface area contributed by atoms with E-state index in [2.05, 4.69) is 65.1 Å². The van der Waals surface area contributed by atoms with Crippen molar-refractivity contribution < 1.29 is 14.3 Å². The van der Waals surface area contributed by atoms with Crippen LogP contribution < -0.4 is 4.90 Å². The van der Waals surface area contributed by atoms with Crippen LogP contribution in [0.1, 0.15) is 61.1 Å². The van der Waals surface area contributed by atoms with Gasteiger partial charge in [0.2, 0.25) is 0 Å². The highest BCUT2D eigenvalue weighted by Crippen LogP contribution is 2.50. The lowest BCUT2D eigenvalue weighted by Gasteiger charge is -2.31. The zero-order valence-electron chi connectivity index (χ0n) is 27.7. The number of Topliss-reactive ketones (excluding diaryl/α,β-unsaturated/α-hetero) is 1. The Labute approximate surface area is 273 Å². The Bertz CT molecular complexity index is 1420. The minimum atomic E-state index is -1.23. The minimum absolute atomic E-state index is 0.0473. The first-order valence-electron chi connectivity index (χ1n) is 16.2.